The molecular formula is C15H23BrN4O. The second kappa shape index (κ2) is 7.22. The number of allylic oxidation sites excluding steroid dienone is 1. The highest BCUT2D eigenvalue weighted by Gasteiger charge is 2.24. The molecule has 1 atom stereocenters. The number of nitrogens with zero attached hydrogens (tertiary/aromatic N) is 3. The largest absolute Gasteiger partial charge is 0.382 e. The normalized spacial score (nSPS) is 19.1. The second-order valence-corrected chi connectivity index (χ2v) is 6.57. The Bertz CT molecular complexity index is 555. The molecule has 1 aliphatic heterocycles. The summed E-state index contributed by atoms with van der Waals surface area (Å²) in [6.07, 6.45) is 4.56. The molecule has 0 aliphatic carbocycles. The van der Waals surface area contributed by atoms with Gasteiger partial charge in [-0.05, 0) is 48.7 Å². The number of aromatic nitrogens is 2. The van der Waals surface area contributed by atoms with Gasteiger partial charge in [0.2, 0.25) is 0 Å². The number of rotatable bonds is 6. The molecule has 0 radical (unpaired) electrons. The molecule has 0 aromatic carbocycles. The van der Waals surface area contributed by atoms with Crippen molar-refractivity contribution in [1.82, 2.24) is 14.7 Å². The van der Waals surface area contributed by atoms with Crippen LogP contribution in [0.15, 0.2) is 28.1 Å². The van der Waals surface area contributed by atoms with E-state index in [-0.39, 0.29) is 5.56 Å². The fraction of sp³-hybridized carbons (Fsp3) is 0.600. The van der Waals surface area contributed by atoms with Crippen LogP contribution in [-0.2, 0) is 6.54 Å². The van der Waals surface area contributed by atoms with E-state index in [0.29, 0.717) is 23.0 Å². The molecule has 1 aliphatic rings. The van der Waals surface area contributed by atoms with Crippen LogP contribution in [0.4, 0.5) is 5.69 Å². The van der Waals surface area contributed by atoms with Gasteiger partial charge in [0.05, 0.1) is 18.4 Å². The first-order chi connectivity index (χ1) is 10.0. The van der Waals surface area contributed by atoms with Crippen LogP contribution in [0.3, 0.4) is 0 Å². The van der Waals surface area contributed by atoms with Crippen molar-refractivity contribution in [3.05, 3.63) is 33.7 Å². The Morgan fingerprint density at radius 2 is 2.38 bits per heavy atom. The van der Waals surface area contributed by atoms with Crippen LogP contribution in [-0.4, -0.2) is 40.4 Å². The van der Waals surface area contributed by atoms with Crippen molar-refractivity contribution in [2.75, 3.05) is 25.0 Å². The number of hydrogen-bond acceptors (Lipinski definition) is 4. The predicted octanol–water partition coefficient (Wildman–Crippen LogP) is 2.33. The summed E-state index contributed by atoms with van der Waals surface area (Å²) in [4.78, 5) is 14.6. The Hall–Kier alpha value is -1.14. The van der Waals surface area contributed by atoms with Crippen molar-refractivity contribution in [2.45, 2.75) is 32.9 Å². The molecule has 2 rings (SSSR count). The number of anilines is 1. The van der Waals surface area contributed by atoms with Crippen LogP contribution in [0.1, 0.15) is 20.3 Å². The number of nitrogens with one attached hydrogen (secondary N) is 1. The van der Waals surface area contributed by atoms with E-state index in [4.69, 9.17) is 0 Å². The average molecular weight is 355 g/mol. The van der Waals surface area contributed by atoms with Crippen LogP contribution >= 0.6 is 15.9 Å². The summed E-state index contributed by atoms with van der Waals surface area (Å²) >= 11 is 3.37. The van der Waals surface area contributed by atoms with Crippen LogP contribution < -0.4 is 10.9 Å². The highest BCUT2D eigenvalue weighted by molar-refractivity contribution is 9.10. The summed E-state index contributed by atoms with van der Waals surface area (Å²) < 4.78 is 1.93. The molecule has 1 N–H and O–H groups in total. The first-order valence-electron chi connectivity index (χ1n) is 7.37. The van der Waals surface area contributed by atoms with Gasteiger partial charge in [0.15, 0.2) is 0 Å². The topological polar surface area (TPSA) is 50.2 Å². The lowest BCUT2D eigenvalue weighted by Crippen LogP contribution is -2.29. The molecule has 21 heavy (non-hydrogen) atoms. The summed E-state index contributed by atoms with van der Waals surface area (Å²) in [7, 11) is 0. The molecule has 0 spiro atoms. The average Bonchev–Trinajstić information content (AvgIpc) is 2.92. The first-order valence-corrected chi connectivity index (χ1v) is 8.16. The molecule has 1 unspecified atom stereocenters. The van der Waals surface area contributed by atoms with Gasteiger partial charge < -0.3 is 10.2 Å². The van der Waals surface area contributed by atoms with E-state index < -0.39 is 0 Å². The third kappa shape index (κ3) is 3.95. The number of hydrogen-bond donors (Lipinski definition) is 1. The van der Waals surface area contributed by atoms with Gasteiger partial charge in [0, 0.05) is 19.1 Å². The molecule has 6 heteroatoms. The number of halogens is 1. The zero-order valence-corrected chi connectivity index (χ0v) is 14.3. The van der Waals surface area contributed by atoms with Crippen molar-refractivity contribution in [3.8, 4) is 0 Å². The fourth-order valence-corrected chi connectivity index (χ4v) is 3.04. The van der Waals surface area contributed by atoms with E-state index >= 15 is 0 Å². The lowest BCUT2D eigenvalue weighted by atomic mass is 10.1. The molecule has 2 heterocycles. The first kappa shape index (κ1) is 16.2. The molecule has 0 bridgehead atoms. The minimum atomic E-state index is -0.130. The Morgan fingerprint density at radius 3 is 3.00 bits per heavy atom. The smallest absolute Gasteiger partial charge is 0.283 e. The molecule has 116 valence electrons. The fourth-order valence-electron chi connectivity index (χ4n) is 2.59. The minimum Gasteiger partial charge on any atom is -0.382 e. The van der Waals surface area contributed by atoms with Gasteiger partial charge in [-0.2, -0.15) is 5.10 Å². The third-order valence-electron chi connectivity index (χ3n) is 3.92. The van der Waals surface area contributed by atoms with Crippen LogP contribution in [0.25, 0.3) is 0 Å². The summed E-state index contributed by atoms with van der Waals surface area (Å²) in [5.41, 5.74) is 0.637. The lowest BCUT2D eigenvalue weighted by Gasteiger charge is -2.20. The molecular weight excluding hydrogens is 332 g/mol. The van der Waals surface area contributed by atoms with Crippen LogP contribution in [0.2, 0.25) is 0 Å². The SMILES string of the molecule is C=CCn1ncc(NCC2CCN(C(C)C)C2)c(Br)c1=O. The molecule has 1 saturated heterocycles. The van der Waals surface area contributed by atoms with Gasteiger partial charge in [-0.1, -0.05) is 6.08 Å². The predicted molar refractivity (Wildman–Crippen MR) is 89.7 cm³/mol. The summed E-state index contributed by atoms with van der Waals surface area (Å²) in [5.74, 6) is 0.620. The highest BCUT2D eigenvalue weighted by Crippen LogP contribution is 2.21. The highest BCUT2D eigenvalue weighted by atomic mass is 79.9. The Labute approximate surface area is 134 Å². The molecule has 1 aromatic heterocycles. The van der Waals surface area contributed by atoms with Gasteiger partial charge in [0.25, 0.3) is 5.56 Å². The summed E-state index contributed by atoms with van der Waals surface area (Å²) in [6, 6.07) is 0.603. The Kier molecular flexibility index (Phi) is 5.58. The molecule has 0 saturated carbocycles. The van der Waals surface area contributed by atoms with E-state index in [1.165, 1.54) is 11.1 Å². The zero-order valence-electron chi connectivity index (χ0n) is 12.7. The van der Waals surface area contributed by atoms with Crippen molar-refractivity contribution in [1.29, 1.82) is 0 Å². The quantitative estimate of drug-likeness (QED) is 0.796. The second-order valence-electron chi connectivity index (χ2n) is 5.77. The molecule has 1 aromatic rings. The third-order valence-corrected chi connectivity index (χ3v) is 4.68. The van der Waals surface area contributed by atoms with E-state index in [0.717, 1.165) is 25.3 Å². The van der Waals surface area contributed by atoms with E-state index in [9.17, 15) is 4.79 Å². The minimum absolute atomic E-state index is 0.130. The standard InChI is InChI=1S/C15H23BrN4O/c1-4-6-20-15(21)14(16)13(9-18-20)17-8-12-5-7-19(10-12)11(2)3/h4,9,11-12,17H,1,5-8,10H2,2-3H3. The van der Waals surface area contributed by atoms with Gasteiger partial charge in [-0.25, -0.2) is 4.68 Å². The Balaban J connectivity index is 1.97. The van der Waals surface area contributed by atoms with Gasteiger partial charge in [-0.15, -0.1) is 6.58 Å². The van der Waals surface area contributed by atoms with Gasteiger partial charge in [-0.3, -0.25) is 4.79 Å². The summed E-state index contributed by atoms with van der Waals surface area (Å²) in [5, 5.41) is 7.50. The van der Waals surface area contributed by atoms with Crippen molar-refractivity contribution in [3.63, 3.8) is 0 Å². The maximum atomic E-state index is 12.1. The Morgan fingerprint density at radius 1 is 1.62 bits per heavy atom. The van der Waals surface area contributed by atoms with Crippen LogP contribution in [0.5, 0.6) is 0 Å². The van der Waals surface area contributed by atoms with Gasteiger partial charge in [0.1, 0.15) is 4.47 Å². The lowest BCUT2D eigenvalue weighted by molar-refractivity contribution is 0.266. The zero-order chi connectivity index (χ0) is 15.4. The maximum Gasteiger partial charge on any atom is 0.283 e. The number of likely N-dealkylation sites (tertiary alicyclic amines) is 1. The van der Waals surface area contributed by atoms with Crippen molar-refractivity contribution >= 4 is 21.6 Å². The van der Waals surface area contributed by atoms with Crippen molar-refractivity contribution < 1.29 is 0 Å². The molecule has 1 fully saturated rings. The van der Waals surface area contributed by atoms with E-state index in [2.05, 4.69) is 51.7 Å². The van der Waals surface area contributed by atoms with E-state index in [1.54, 1.807) is 12.3 Å². The van der Waals surface area contributed by atoms with Crippen LogP contribution in [0, 0.1) is 5.92 Å². The van der Waals surface area contributed by atoms with Gasteiger partial charge >= 0.3 is 0 Å². The molecule has 5 nitrogen and oxygen atoms in total. The summed E-state index contributed by atoms with van der Waals surface area (Å²) in [6.45, 7) is 11.6. The van der Waals surface area contributed by atoms with Crippen molar-refractivity contribution in [2.24, 2.45) is 5.92 Å². The monoisotopic (exact) mass is 354 g/mol. The van der Waals surface area contributed by atoms with E-state index in [1.807, 2.05) is 0 Å². The maximum absolute atomic E-state index is 12.1. The molecule has 0 amide bonds.